The van der Waals surface area contributed by atoms with Crippen molar-refractivity contribution in [3.63, 3.8) is 0 Å². The molecule has 1 atom stereocenters. The summed E-state index contributed by atoms with van der Waals surface area (Å²) >= 11 is 11.5. The molecule has 0 saturated heterocycles. The highest BCUT2D eigenvalue weighted by molar-refractivity contribution is 7.80. The molecule has 0 bridgehead atoms. The second kappa shape index (κ2) is 5.66. The van der Waals surface area contributed by atoms with Gasteiger partial charge in [-0.2, -0.15) is 0 Å². The molecule has 1 aliphatic rings. The average Bonchev–Trinajstić information content (AvgIpc) is 2.46. The molecule has 1 unspecified atom stereocenters. The zero-order chi connectivity index (χ0) is 15.0. The molecule has 0 saturated carbocycles. The number of anilines is 2. The fourth-order valence-corrected chi connectivity index (χ4v) is 3.55. The number of rotatable bonds is 2. The first-order chi connectivity index (χ1) is 10.1. The predicted molar refractivity (Wildman–Crippen MR) is 93.7 cm³/mol. The van der Waals surface area contributed by atoms with Crippen LogP contribution in [0.15, 0.2) is 42.5 Å². The van der Waals surface area contributed by atoms with Crippen LogP contribution < -0.4 is 10.6 Å². The van der Waals surface area contributed by atoms with Gasteiger partial charge >= 0.3 is 0 Å². The molecule has 4 heteroatoms. The maximum absolute atomic E-state index is 6.32. The molecule has 0 radical (unpaired) electrons. The molecule has 0 spiro atoms. The van der Waals surface area contributed by atoms with Crippen molar-refractivity contribution in [2.45, 2.75) is 25.8 Å². The van der Waals surface area contributed by atoms with Crippen LogP contribution in [0.5, 0.6) is 0 Å². The van der Waals surface area contributed by atoms with E-state index in [1.165, 1.54) is 11.3 Å². The summed E-state index contributed by atoms with van der Waals surface area (Å²) in [6.45, 7) is 2.22. The van der Waals surface area contributed by atoms with E-state index >= 15 is 0 Å². The molecule has 2 aromatic rings. The van der Waals surface area contributed by atoms with Crippen LogP contribution in [-0.4, -0.2) is 11.0 Å². The Kier molecular flexibility index (Phi) is 3.87. The highest BCUT2D eigenvalue weighted by Crippen LogP contribution is 2.39. The second-order valence-electron chi connectivity index (χ2n) is 5.38. The summed E-state index contributed by atoms with van der Waals surface area (Å²) in [7, 11) is 0. The van der Waals surface area contributed by atoms with Crippen molar-refractivity contribution >= 4 is 40.2 Å². The number of nitrogens with zero attached hydrogens (tertiary/aromatic N) is 1. The van der Waals surface area contributed by atoms with Crippen LogP contribution in [0.2, 0.25) is 5.02 Å². The normalized spacial score (nSPS) is 17.4. The topological polar surface area (TPSA) is 29.3 Å². The fourth-order valence-electron chi connectivity index (χ4n) is 3.01. The lowest BCUT2D eigenvalue weighted by Gasteiger charge is -2.38. The molecule has 0 fully saturated rings. The number of thiocarbonyl (C=S) groups is 1. The van der Waals surface area contributed by atoms with Gasteiger partial charge in [0.1, 0.15) is 4.99 Å². The Morgan fingerprint density at radius 2 is 1.90 bits per heavy atom. The Balaban J connectivity index is 2.21. The number of hydrogen-bond acceptors (Lipinski definition) is 2. The van der Waals surface area contributed by atoms with Gasteiger partial charge in [0.05, 0.1) is 16.3 Å². The Morgan fingerprint density at radius 3 is 2.67 bits per heavy atom. The van der Waals surface area contributed by atoms with Gasteiger partial charge in [0, 0.05) is 11.7 Å². The molecule has 1 heterocycles. The van der Waals surface area contributed by atoms with Crippen molar-refractivity contribution < 1.29 is 0 Å². The number of aryl methyl sites for hydroxylation is 1. The number of benzene rings is 2. The van der Waals surface area contributed by atoms with Gasteiger partial charge in [-0.15, -0.1) is 0 Å². The van der Waals surface area contributed by atoms with Crippen molar-refractivity contribution in [2.24, 2.45) is 5.73 Å². The fraction of sp³-hybridized carbons (Fsp3) is 0.235. The number of halogens is 1. The summed E-state index contributed by atoms with van der Waals surface area (Å²) in [5, 5.41) is 0.607. The minimum absolute atomic E-state index is 0.339. The molecule has 108 valence electrons. The number of hydrogen-bond donors (Lipinski definition) is 1. The van der Waals surface area contributed by atoms with E-state index in [2.05, 4.69) is 36.1 Å². The Morgan fingerprint density at radius 1 is 1.19 bits per heavy atom. The van der Waals surface area contributed by atoms with Gasteiger partial charge in [-0.1, -0.05) is 48.1 Å². The first kappa shape index (κ1) is 14.4. The van der Waals surface area contributed by atoms with Gasteiger partial charge in [-0.3, -0.25) is 0 Å². The summed E-state index contributed by atoms with van der Waals surface area (Å²) in [6.07, 6.45) is 2.19. The number of fused-ring (bicyclic) bond motifs is 1. The van der Waals surface area contributed by atoms with Crippen LogP contribution in [0.25, 0.3) is 0 Å². The molecular formula is C17H17ClN2S. The third-order valence-corrected chi connectivity index (χ3v) is 4.54. The van der Waals surface area contributed by atoms with E-state index in [1.807, 2.05) is 18.2 Å². The van der Waals surface area contributed by atoms with Crippen LogP contribution in [-0.2, 0) is 6.42 Å². The first-order valence-electron chi connectivity index (χ1n) is 7.05. The molecule has 3 rings (SSSR count). The van der Waals surface area contributed by atoms with E-state index in [-0.39, 0.29) is 0 Å². The summed E-state index contributed by atoms with van der Waals surface area (Å²) in [6, 6.07) is 14.7. The van der Waals surface area contributed by atoms with E-state index < -0.39 is 0 Å². The molecule has 0 amide bonds. The van der Waals surface area contributed by atoms with Crippen molar-refractivity contribution in [1.82, 2.24) is 0 Å². The third-order valence-electron chi connectivity index (χ3n) is 4.02. The highest BCUT2D eigenvalue weighted by Gasteiger charge is 2.26. The largest absolute Gasteiger partial charge is 0.389 e. The van der Waals surface area contributed by atoms with E-state index in [1.54, 1.807) is 0 Å². The molecule has 1 aliphatic heterocycles. The minimum atomic E-state index is 0.339. The van der Waals surface area contributed by atoms with Gasteiger partial charge < -0.3 is 10.6 Å². The smallest absolute Gasteiger partial charge is 0.107 e. The molecule has 2 nitrogen and oxygen atoms in total. The second-order valence-corrected chi connectivity index (χ2v) is 6.23. The zero-order valence-electron chi connectivity index (χ0n) is 11.8. The summed E-state index contributed by atoms with van der Waals surface area (Å²) in [5.41, 5.74) is 10.2. The molecule has 2 aromatic carbocycles. The van der Waals surface area contributed by atoms with Crippen LogP contribution >= 0.6 is 23.8 Å². The van der Waals surface area contributed by atoms with Crippen LogP contribution in [0.4, 0.5) is 11.4 Å². The Bertz CT molecular complexity index is 699. The lowest BCUT2D eigenvalue weighted by molar-refractivity contribution is 0.618. The molecular weight excluding hydrogens is 300 g/mol. The summed E-state index contributed by atoms with van der Waals surface area (Å²) in [4.78, 5) is 2.64. The third kappa shape index (κ3) is 2.52. The number of para-hydroxylation sites is 1. The van der Waals surface area contributed by atoms with Crippen molar-refractivity contribution in [1.29, 1.82) is 0 Å². The van der Waals surface area contributed by atoms with Crippen LogP contribution in [0.3, 0.4) is 0 Å². The van der Waals surface area contributed by atoms with E-state index in [0.29, 0.717) is 16.1 Å². The SMILES string of the molecule is CC1CCc2ccccc2N1c1cccc(Cl)c1C(N)=S. The van der Waals surface area contributed by atoms with Crippen molar-refractivity contribution in [3.05, 3.63) is 58.6 Å². The van der Waals surface area contributed by atoms with E-state index in [0.717, 1.165) is 24.1 Å². The molecule has 0 aliphatic carbocycles. The molecule has 2 N–H and O–H groups in total. The van der Waals surface area contributed by atoms with Gasteiger partial charge in [0.2, 0.25) is 0 Å². The number of nitrogens with two attached hydrogens (primary N) is 1. The molecule has 0 aromatic heterocycles. The Labute approximate surface area is 135 Å². The van der Waals surface area contributed by atoms with Crippen LogP contribution in [0.1, 0.15) is 24.5 Å². The van der Waals surface area contributed by atoms with E-state index in [9.17, 15) is 0 Å². The predicted octanol–water partition coefficient (Wildman–Crippen LogP) is 4.45. The maximum atomic E-state index is 6.32. The summed E-state index contributed by atoms with van der Waals surface area (Å²) < 4.78 is 0. The lowest BCUT2D eigenvalue weighted by atomic mass is 9.95. The standard InChI is InChI=1S/C17H17ClN2S/c1-11-9-10-12-5-2-3-7-14(12)20(11)15-8-4-6-13(18)16(15)17(19)21/h2-8,11H,9-10H2,1H3,(H2,19,21). The van der Waals surface area contributed by atoms with Crippen molar-refractivity contribution in [3.8, 4) is 0 Å². The van der Waals surface area contributed by atoms with Crippen LogP contribution in [0, 0.1) is 0 Å². The average molecular weight is 317 g/mol. The van der Waals surface area contributed by atoms with Gasteiger partial charge in [-0.05, 0) is 43.5 Å². The van der Waals surface area contributed by atoms with Gasteiger partial charge in [0.15, 0.2) is 0 Å². The Hall–Kier alpha value is -1.58. The zero-order valence-corrected chi connectivity index (χ0v) is 13.4. The highest BCUT2D eigenvalue weighted by atomic mass is 35.5. The van der Waals surface area contributed by atoms with Gasteiger partial charge in [0.25, 0.3) is 0 Å². The first-order valence-corrected chi connectivity index (χ1v) is 7.83. The quantitative estimate of drug-likeness (QED) is 0.830. The van der Waals surface area contributed by atoms with Gasteiger partial charge in [-0.25, -0.2) is 0 Å². The monoisotopic (exact) mass is 316 g/mol. The van der Waals surface area contributed by atoms with Crippen molar-refractivity contribution in [2.75, 3.05) is 4.90 Å². The molecule has 21 heavy (non-hydrogen) atoms. The summed E-state index contributed by atoms with van der Waals surface area (Å²) in [5.74, 6) is 0. The lowest BCUT2D eigenvalue weighted by Crippen LogP contribution is -2.34. The maximum Gasteiger partial charge on any atom is 0.107 e. The minimum Gasteiger partial charge on any atom is -0.389 e. The van der Waals surface area contributed by atoms with E-state index in [4.69, 9.17) is 29.6 Å².